The van der Waals surface area contributed by atoms with E-state index in [1.165, 1.54) is 6.20 Å². The van der Waals surface area contributed by atoms with Crippen molar-refractivity contribution in [3.8, 4) is 0 Å². The lowest BCUT2D eigenvalue weighted by atomic mass is 10.1. The SMILES string of the molecule is N[C@H]1CCCN(c2cncc(Cl)n2)C1. The molecule has 5 heteroatoms. The molecule has 1 aromatic rings. The van der Waals surface area contributed by atoms with Gasteiger partial charge in [-0.15, -0.1) is 0 Å². The minimum Gasteiger partial charge on any atom is -0.354 e. The predicted molar refractivity (Wildman–Crippen MR) is 56.5 cm³/mol. The normalized spacial score (nSPS) is 22.4. The van der Waals surface area contributed by atoms with E-state index < -0.39 is 0 Å². The Morgan fingerprint density at radius 3 is 3.07 bits per heavy atom. The van der Waals surface area contributed by atoms with Crippen LogP contribution in [0.5, 0.6) is 0 Å². The van der Waals surface area contributed by atoms with E-state index in [0.29, 0.717) is 5.15 Å². The number of nitrogens with zero attached hydrogens (tertiary/aromatic N) is 3. The number of hydrogen-bond acceptors (Lipinski definition) is 4. The number of hydrogen-bond donors (Lipinski definition) is 1. The van der Waals surface area contributed by atoms with Gasteiger partial charge in [0.2, 0.25) is 0 Å². The van der Waals surface area contributed by atoms with Gasteiger partial charge in [-0.3, -0.25) is 4.98 Å². The Hall–Kier alpha value is -0.870. The first kappa shape index (κ1) is 9.68. The zero-order valence-electron chi connectivity index (χ0n) is 7.86. The number of aromatic nitrogens is 2. The summed E-state index contributed by atoms with van der Waals surface area (Å²) < 4.78 is 0. The highest BCUT2D eigenvalue weighted by molar-refractivity contribution is 6.29. The van der Waals surface area contributed by atoms with Crippen molar-refractivity contribution in [2.45, 2.75) is 18.9 Å². The molecule has 1 saturated heterocycles. The molecule has 0 unspecified atom stereocenters. The highest BCUT2D eigenvalue weighted by atomic mass is 35.5. The summed E-state index contributed by atoms with van der Waals surface area (Å²) >= 11 is 5.77. The third-order valence-electron chi connectivity index (χ3n) is 2.37. The number of anilines is 1. The van der Waals surface area contributed by atoms with Crippen molar-refractivity contribution >= 4 is 17.4 Å². The molecule has 1 aliphatic heterocycles. The monoisotopic (exact) mass is 212 g/mol. The van der Waals surface area contributed by atoms with Gasteiger partial charge in [-0.25, -0.2) is 4.98 Å². The third-order valence-corrected chi connectivity index (χ3v) is 2.56. The molecule has 2 N–H and O–H groups in total. The van der Waals surface area contributed by atoms with E-state index in [-0.39, 0.29) is 6.04 Å². The van der Waals surface area contributed by atoms with Crippen LogP contribution in [-0.2, 0) is 0 Å². The Bertz CT molecular complexity index is 317. The van der Waals surface area contributed by atoms with Crippen LogP contribution >= 0.6 is 11.6 Å². The Kier molecular flexibility index (Phi) is 2.84. The molecule has 76 valence electrons. The van der Waals surface area contributed by atoms with E-state index in [9.17, 15) is 0 Å². The van der Waals surface area contributed by atoms with Gasteiger partial charge in [0.15, 0.2) is 0 Å². The van der Waals surface area contributed by atoms with E-state index in [1.54, 1.807) is 6.20 Å². The van der Waals surface area contributed by atoms with E-state index in [1.807, 2.05) is 0 Å². The van der Waals surface area contributed by atoms with Crippen LogP contribution in [0.1, 0.15) is 12.8 Å². The zero-order valence-corrected chi connectivity index (χ0v) is 8.61. The van der Waals surface area contributed by atoms with Crippen molar-refractivity contribution < 1.29 is 0 Å². The average Bonchev–Trinajstić information content (AvgIpc) is 2.18. The first-order chi connectivity index (χ1) is 6.75. The molecule has 0 spiro atoms. The molecular formula is C9H13ClN4. The second-order valence-corrected chi connectivity index (χ2v) is 3.94. The lowest BCUT2D eigenvalue weighted by Crippen LogP contribution is -2.43. The van der Waals surface area contributed by atoms with Crippen LogP contribution in [0.4, 0.5) is 5.82 Å². The van der Waals surface area contributed by atoms with Crippen molar-refractivity contribution in [2.75, 3.05) is 18.0 Å². The van der Waals surface area contributed by atoms with Gasteiger partial charge in [0.05, 0.1) is 12.4 Å². The van der Waals surface area contributed by atoms with E-state index >= 15 is 0 Å². The Balaban J connectivity index is 2.14. The van der Waals surface area contributed by atoms with Gasteiger partial charge in [-0.1, -0.05) is 11.6 Å². The van der Waals surface area contributed by atoms with Gasteiger partial charge in [0, 0.05) is 19.1 Å². The fraction of sp³-hybridized carbons (Fsp3) is 0.556. The van der Waals surface area contributed by atoms with Crippen molar-refractivity contribution in [1.29, 1.82) is 0 Å². The molecule has 1 aliphatic rings. The molecule has 2 rings (SSSR count). The average molecular weight is 213 g/mol. The largest absolute Gasteiger partial charge is 0.354 e. The summed E-state index contributed by atoms with van der Waals surface area (Å²) in [7, 11) is 0. The molecule has 14 heavy (non-hydrogen) atoms. The van der Waals surface area contributed by atoms with Gasteiger partial charge in [-0.2, -0.15) is 0 Å². The molecule has 0 saturated carbocycles. The summed E-state index contributed by atoms with van der Waals surface area (Å²) in [5.74, 6) is 0.827. The third kappa shape index (κ3) is 2.13. The molecule has 0 amide bonds. The van der Waals surface area contributed by atoms with E-state index in [2.05, 4.69) is 14.9 Å². The maximum absolute atomic E-state index is 5.88. The molecule has 1 atom stereocenters. The highest BCUT2D eigenvalue weighted by Gasteiger charge is 2.17. The molecule has 2 heterocycles. The standard InChI is InChI=1S/C9H13ClN4/c10-8-4-12-5-9(13-8)14-3-1-2-7(11)6-14/h4-5,7H,1-3,6,11H2/t7-/m0/s1. The fourth-order valence-corrected chi connectivity index (χ4v) is 1.85. The first-order valence-corrected chi connectivity index (χ1v) is 5.11. The van der Waals surface area contributed by atoms with Crippen molar-refractivity contribution in [1.82, 2.24) is 9.97 Å². The van der Waals surface area contributed by atoms with Gasteiger partial charge in [0.1, 0.15) is 11.0 Å². The number of rotatable bonds is 1. The molecule has 4 nitrogen and oxygen atoms in total. The Labute approximate surface area is 88.1 Å². The molecule has 0 aromatic carbocycles. The minimum atomic E-state index is 0.240. The number of piperidine rings is 1. The molecule has 1 fully saturated rings. The minimum absolute atomic E-state index is 0.240. The number of nitrogens with two attached hydrogens (primary N) is 1. The maximum atomic E-state index is 5.88. The summed E-state index contributed by atoms with van der Waals surface area (Å²) in [6.45, 7) is 1.83. The van der Waals surface area contributed by atoms with Crippen LogP contribution in [0, 0.1) is 0 Å². The van der Waals surface area contributed by atoms with Gasteiger partial charge in [0.25, 0.3) is 0 Å². The Morgan fingerprint density at radius 1 is 1.50 bits per heavy atom. The fourth-order valence-electron chi connectivity index (χ4n) is 1.70. The maximum Gasteiger partial charge on any atom is 0.149 e. The lowest BCUT2D eigenvalue weighted by molar-refractivity contribution is 0.503. The summed E-state index contributed by atoms with van der Waals surface area (Å²) in [6, 6.07) is 0.240. The van der Waals surface area contributed by atoms with Crippen LogP contribution in [0.15, 0.2) is 12.4 Å². The summed E-state index contributed by atoms with van der Waals surface area (Å²) in [4.78, 5) is 10.3. The van der Waals surface area contributed by atoms with Crippen LogP contribution in [0.2, 0.25) is 5.15 Å². The van der Waals surface area contributed by atoms with Crippen molar-refractivity contribution in [2.24, 2.45) is 5.73 Å². The smallest absolute Gasteiger partial charge is 0.149 e. The quantitative estimate of drug-likeness (QED) is 0.757. The molecule has 0 radical (unpaired) electrons. The van der Waals surface area contributed by atoms with E-state index in [0.717, 1.165) is 31.7 Å². The van der Waals surface area contributed by atoms with Gasteiger partial charge >= 0.3 is 0 Å². The lowest BCUT2D eigenvalue weighted by Gasteiger charge is -2.31. The summed E-state index contributed by atoms with van der Waals surface area (Å²) in [6.07, 6.45) is 5.46. The van der Waals surface area contributed by atoms with Crippen LogP contribution in [-0.4, -0.2) is 29.1 Å². The molecule has 0 bridgehead atoms. The summed E-state index contributed by atoms with van der Waals surface area (Å²) in [5.41, 5.74) is 5.88. The Morgan fingerprint density at radius 2 is 2.36 bits per heavy atom. The predicted octanol–water partition coefficient (Wildman–Crippen LogP) is 1.06. The molecule has 0 aliphatic carbocycles. The second kappa shape index (κ2) is 4.11. The van der Waals surface area contributed by atoms with Gasteiger partial charge in [-0.05, 0) is 12.8 Å². The second-order valence-electron chi connectivity index (χ2n) is 3.55. The van der Waals surface area contributed by atoms with E-state index in [4.69, 9.17) is 17.3 Å². The van der Waals surface area contributed by atoms with Crippen LogP contribution < -0.4 is 10.6 Å². The van der Waals surface area contributed by atoms with Crippen molar-refractivity contribution in [3.63, 3.8) is 0 Å². The first-order valence-electron chi connectivity index (χ1n) is 4.74. The van der Waals surface area contributed by atoms with Gasteiger partial charge < -0.3 is 10.6 Å². The molecule has 1 aromatic heterocycles. The topological polar surface area (TPSA) is 55.0 Å². The zero-order chi connectivity index (χ0) is 9.97. The number of halogens is 1. The van der Waals surface area contributed by atoms with Crippen LogP contribution in [0.25, 0.3) is 0 Å². The molecular weight excluding hydrogens is 200 g/mol. The highest BCUT2D eigenvalue weighted by Crippen LogP contribution is 2.17. The summed E-state index contributed by atoms with van der Waals surface area (Å²) in [5, 5.41) is 0.432. The van der Waals surface area contributed by atoms with Crippen molar-refractivity contribution in [3.05, 3.63) is 17.5 Å². The van der Waals surface area contributed by atoms with Crippen LogP contribution in [0.3, 0.4) is 0 Å².